The van der Waals surface area contributed by atoms with Gasteiger partial charge in [0.05, 0.1) is 17.6 Å². The minimum Gasteiger partial charge on any atom is -0.476 e. The standard InChI is InChI=1S/C16H17N5O3/c22-15(23)13-10-24-16(19-13)21-7-5-20(6-8-21)9-14-17-11-3-1-2-4-12(11)18-14/h1-4,10H,5-9H2,(H,17,18)(H,22,23). The Balaban J connectivity index is 1.37. The van der Waals surface area contributed by atoms with Crippen molar-refractivity contribution in [3.05, 3.63) is 42.0 Å². The molecule has 3 heterocycles. The Morgan fingerprint density at radius 1 is 1.21 bits per heavy atom. The first-order chi connectivity index (χ1) is 11.7. The number of carboxylic acids is 1. The molecule has 1 aliphatic rings. The fourth-order valence-electron chi connectivity index (χ4n) is 2.90. The van der Waals surface area contributed by atoms with Crippen LogP contribution in [0.1, 0.15) is 16.3 Å². The van der Waals surface area contributed by atoms with Crippen LogP contribution in [-0.2, 0) is 6.54 Å². The molecule has 0 unspecified atom stereocenters. The molecule has 124 valence electrons. The van der Waals surface area contributed by atoms with Gasteiger partial charge in [0.25, 0.3) is 6.01 Å². The highest BCUT2D eigenvalue weighted by Crippen LogP contribution is 2.17. The third-order valence-corrected chi connectivity index (χ3v) is 4.17. The molecule has 2 N–H and O–H groups in total. The number of benzene rings is 1. The topological polar surface area (TPSA) is 98.5 Å². The number of carbonyl (C=O) groups is 1. The second kappa shape index (κ2) is 5.97. The van der Waals surface area contributed by atoms with Gasteiger partial charge >= 0.3 is 5.97 Å². The smallest absolute Gasteiger partial charge is 0.357 e. The first-order valence-electron chi connectivity index (χ1n) is 7.79. The molecule has 0 spiro atoms. The van der Waals surface area contributed by atoms with Crippen LogP contribution < -0.4 is 4.90 Å². The summed E-state index contributed by atoms with van der Waals surface area (Å²) in [7, 11) is 0. The Labute approximate surface area is 137 Å². The molecule has 0 amide bonds. The molecule has 8 nitrogen and oxygen atoms in total. The fourth-order valence-corrected chi connectivity index (χ4v) is 2.90. The Bertz CT molecular complexity index is 830. The van der Waals surface area contributed by atoms with E-state index in [1.807, 2.05) is 29.2 Å². The zero-order valence-electron chi connectivity index (χ0n) is 13.0. The summed E-state index contributed by atoms with van der Waals surface area (Å²) in [5.74, 6) is -0.123. The minimum absolute atomic E-state index is 0.0605. The van der Waals surface area contributed by atoms with Crippen LogP contribution in [0.2, 0.25) is 0 Å². The van der Waals surface area contributed by atoms with Crippen LogP contribution in [0.15, 0.2) is 34.9 Å². The third kappa shape index (κ3) is 2.83. The molecule has 8 heteroatoms. The summed E-state index contributed by atoms with van der Waals surface area (Å²) in [5, 5.41) is 8.90. The normalized spacial score (nSPS) is 15.9. The van der Waals surface area contributed by atoms with Crippen molar-refractivity contribution >= 4 is 23.0 Å². The number of aromatic amines is 1. The number of imidazole rings is 1. The van der Waals surface area contributed by atoms with Crippen molar-refractivity contribution in [3.63, 3.8) is 0 Å². The molecule has 0 saturated carbocycles. The molecule has 0 atom stereocenters. The Morgan fingerprint density at radius 2 is 2.00 bits per heavy atom. The van der Waals surface area contributed by atoms with Crippen molar-refractivity contribution in [2.45, 2.75) is 6.54 Å². The first-order valence-corrected chi connectivity index (χ1v) is 7.79. The van der Waals surface area contributed by atoms with E-state index in [-0.39, 0.29) is 5.69 Å². The van der Waals surface area contributed by atoms with Gasteiger partial charge in [-0.1, -0.05) is 12.1 Å². The van der Waals surface area contributed by atoms with Gasteiger partial charge in [-0.25, -0.2) is 9.78 Å². The lowest BCUT2D eigenvalue weighted by molar-refractivity contribution is 0.0690. The van der Waals surface area contributed by atoms with Gasteiger partial charge in [-0.2, -0.15) is 4.98 Å². The molecule has 1 aliphatic heterocycles. The number of fused-ring (bicyclic) bond motifs is 1. The minimum atomic E-state index is -1.08. The van der Waals surface area contributed by atoms with E-state index < -0.39 is 5.97 Å². The van der Waals surface area contributed by atoms with Gasteiger partial charge in [0.15, 0.2) is 5.69 Å². The lowest BCUT2D eigenvalue weighted by Gasteiger charge is -2.33. The highest BCUT2D eigenvalue weighted by atomic mass is 16.4. The number of hydrogen-bond donors (Lipinski definition) is 2. The predicted molar refractivity (Wildman–Crippen MR) is 87.0 cm³/mol. The predicted octanol–water partition coefficient (Wildman–Crippen LogP) is 1.57. The van der Waals surface area contributed by atoms with Gasteiger partial charge in [0.2, 0.25) is 0 Å². The lowest BCUT2D eigenvalue weighted by atomic mass is 10.3. The Morgan fingerprint density at radius 3 is 2.71 bits per heavy atom. The number of aromatic carboxylic acids is 1. The largest absolute Gasteiger partial charge is 0.476 e. The van der Waals surface area contributed by atoms with Crippen molar-refractivity contribution in [1.82, 2.24) is 19.9 Å². The molecule has 3 aromatic rings. The van der Waals surface area contributed by atoms with E-state index in [0.29, 0.717) is 6.01 Å². The number of nitrogens with one attached hydrogen (secondary N) is 1. The summed E-state index contributed by atoms with van der Waals surface area (Å²) in [6.07, 6.45) is 1.18. The van der Waals surface area contributed by atoms with Gasteiger partial charge < -0.3 is 19.4 Å². The van der Waals surface area contributed by atoms with Crippen molar-refractivity contribution in [3.8, 4) is 0 Å². The van der Waals surface area contributed by atoms with Crippen LogP contribution in [0.3, 0.4) is 0 Å². The summed E-state index contributed by atoms with van der Waals surface area (Å²) in [6, 6.07) is 8.36. The van der Waals surface area contributed by atoms with Gasteiger partial charge in [-0.05, 0) is 12.1 Å². The van der Waals surface area contributed by atoms with Crippen LogP contribution in [0.4, 0.5) is 6.01 Å². The summed E-state index contributed by atoms with van der Waals surface area (Å²) in [5.41, 5.74) is 1.97. The maximum atomic E-state index is 10.9. The molecule has 24 heavy (non-hydrogen) atoms. The van der Waals surface area contributed by atoms with Gasteiger partial charge in [0, 0.05) is 26.2 Å². The van der Waals surface area contributed by atoms with Crippen LogP contribution in [0.5, 0.6) is 0 Å². The van der Waals surface area contributed by atoms with Crippen LogP contribution >= 0.6 is 0 Å². The number of carboxylic acid groups (broad SMARTS) is 1. The van der Waals surface area contributed by atoms with E-state index in [4.69, 9.17) is 9.52 Å². The number of anilines is 1. The molecular formula is C16H17N5O3. The monoisotopic (exact) mass is 327 g/mol. The van der Waals surface area contributed by atoms with Crippen LogP contribution in [0.25, 0.3) is 11.0 Å². The zero-order valence-corrected chi connectivity index (χ0v) is 13.0. The second-order valence-electron chi connectivity index (χ2n) is 5.78. The number of aromatic nitrogens is 3. The van der Waals surface area contributed by atoms with Gasteiger partial charge in [0.1, 0.15) is 12.1 Å². The number of nitrogens with zero attached hydrogens (tertiary/aromatic N) is 4. The van der Waals surface area contributed by atoms with Crippen molar-refractivity contribution in [2.75, 3.05) is 31.1 Å². The first kappa shape index (κ1) is 14.7. The third-order valence-electron chi connectivity index (χ3n) is 4.17. The number of H-pyrrole nitrogens is 1. The number of rotatable bonds is 4. The van der Waals surface area contributed by atoms with Gasteiger partial charge in [-0.3, -0.25) is 4.90 Å². The fraction of sp³-hybridized carbons (Fsp3) is 0.312. The summed E-state index contributed by atoms with van der Waals surface area (Å²) in [6.45, 7) is 3.90. The van der Waals surface area contributed by atoms with Crippen molar-refractivity contribution in [1.29, 1.82) is 0 Å². The van der Waals surface area contributed by atoms with Crippen molar-refractivity contribution < 1.29 is 14.3 Å². The van der Waals surface area contributed by atoms with Gasteiger partial charge in [-0.15, -0.1) is 0 Å². The molecular weight excluding hydrogens is 310 g/mol. The number of hydrogen-bond acceptors (Lipinski definition) is 6. The molecule has 1 fully saturated rings. The van der Waals surface area contributed by atoms with E-state index >= 15 is 0 Å². The molecule has 0 aliphatic carbocycles. The van der Waals surface area contributed by atoms with E-state index in [0.717, 1.165) is 49.6 Å². The zero-order chi connectivity index (χ0) is 16.5. The maximum Gasteiger partial charge on any atom is 0.357 e. The van der Waals surface area contributed by atoms with Crippen LogP contribution in [0, 0.1) is 0 Å². The molecule has 2 aromatic heterocycles. The second-order valence-corrected chi connectivity index (χ2v) is 5.78. The van der Waals surface area contributed by atoms with Crippen LogP contribution in [-0.4, -0.2) is 57.1 Å². The molecule has 0 radical (unpaired) electrons. The number of para-hydroxylation sites is 2. The Hall–Kier alpha value is -2.87. The molecule has 1 aromatic carbocycles. The SMILES string of the molecule is O=C(O)c1coc(N2CCN(Cc3nc4ccccc4[nH]3)CC2)n1. The Kier molecular flexibility index (Phi) is 3.66. The summed E-state index contributed by atoms with van der Waals surface area (Å²) in [4.78, 5) is 27.1. The summed E-state index contributed by atoms with van der Waals surface area (Å²) < 4.78 is 5.26. The highest BCUT2D eigenvalue weighted by molar-refractivity contribution is 5.85. The number of oxazole rings is 1. The number of piperazine rings is 1. The molecule has 1 saturated heterocycles. The average Bonchev–Trinajstić information content (AvgIpc) is 3.22. The lowest BCUT2D eigenvalue weighted by Crippen LogP contribution is -2.46. The average molecular weight is 327 g/mol. The van der Waals surface area contributed by atoms with E-state index in [1.54, 1.807) is 0 Å². The maximum absolute atomic E-state index is 10.9. The van der Waals surface area contributed by atoms with E-state index in [2.05, 4.69) is 19.9 Å². The molecule has 0 bridgehead atoms. The molecule has 4 rings (SSSR count). The quantitative estimate of drug-likeness (QED) is 0.750. The van der Waals surface area contributed by atoms with Crippen molar-refractivity contribution in [2.24, 2.45) is 0 Å². The van der Waals surface area contributed by atoms with E-state index in [9.17, 15) is 4.79 Å². The summed E-state index contributed by atoms with van der Waals surface area (Å²) >= 11 is 0. The highest BCUT2D eigenvalue weighted by Gasteiger charge is 2.22. The van der Waals surface area contributed by atoms with E-state index in [1.165, 1.54) is 6.26 Å².